The minimum Gasteiger partial charge on any atom is -0.478 e. The van der Waals surface area contributed by atoms with Crippen LogP contribution < -0.4 is 0 Å². The summed E-state index contributed by atoms with van der Waals surface area (Å²) in [7, 11) is 0. The number of carboxylic acids is 2. The van der Waals surface area contributed by atoms with Crippen molar-refractivity contribution in [2.75, 3.05) is 0 Å². The molecule has 0 aliphatic carbocycles. The van der Waals surface area contributed by atoms with Gasteiger partial charge in [-0.05, 0) is 36.4 Å². The molecule has 0 heterocycles. The van der Waals surface area contributed by atoms with Crippen LogP contribution in [0.2, 0.25) is 0 Å². The molecule has 2 rings (SSSR count). The molecular weight excluding hydrogens is 402 g/mol. The topological polar surface area (TPSA) is 74.6 Å². The molecule has 0 fully saturated rings. The van der Waals surface area contributed by atoms with Gasteiger partial charge in [0.15, 0.2) is 0 Å². The molecule has 0 saturated heterocycles. The molecule has 11 heteroatoms. The first-order valence-electron chi connectivity index (χ1n) is 6.87. The standard InChI is InChI=1S/C16H8F6O4S/c17-15(18,19)7-1-3-11(9(5-7)13(23)24)27-12-4-2-8(16(20,21)22)6-10(12)14(25)26/h1-6H,(H,23,24)(H,25,26). The van der Waals surface area contributed by atoms with Crippen LogP contribution in [0.5, 0.6) is 0 Å². The summed E-state index contributed by atoms with van der Waals surface area (Å²) in [6.45, 7) is 0. The fourth-order valence-corrected chi connectivity index (χ4v) is 3.06. The average molecular weight is 410 g/mol. The Morgan fingerprint density at radius 3 is 1.30 bits per heavy atom. The third-order valence-corrected chi connectivity index (χ3v) is 4.45. The monoisotopic (exact) mass is 410 g/mol. The zero-order chi connectivity index (χ0) is 20.6. The van der Waals surface area contributed by atoms with Crippen LogP contribution in [0, 0.1) is 0 Å². The number of carbonyl (C=O) groups is 2. The number of aromatic carboxylic acids is 2. The van der Waals surface area contributed by atoms with E-state index < -0.39 is 46.5 Å². The fraction of sp³-hybridized carbons (Fsp3) is 0.125. The summed E-state index contributed by atoms with van der Waals surface area (Å²) in [5.74, 6) is -3.40. The van der Waals surface area contributed by atoms with Gasteiger partial charge in [-0.25, -0.2) is 9.59 Å². The molecule has 0 unspecified atom stereocenters. The summed E-state index contributed by atoms with van der Waals surface area (Å²) in [5, 5.41) is 18.2. The highest BCUT2D eigenvalue weighted by Gasteiger charge is 2.33. The number of hydrogen-bond acceptors (Lipinski definition) is 3. The summed E-state index contributed by atoms with van der Waals surface area (Å²) in [6.07, 6.45) is -9.60. The molecule has 0 spiro atoms. The molecule has 0 saturated carbocycles. The predicted molar refractivity (Wildman–Crippen MR) is 80.9 cm³/mol. The van der Waals surface area contributed by atoms with Gasteiger partial charge in [-0.2, -0.15) is 26.3 Å². The van der Waals surface area contributed by atoms with Crippen LogP contribution in [0.4, 0.5) is 26.3 Å². The molecule has 0 aliphatic rings. The number of hydrogen-bond donors (Lipinski definition) is 2. The van der Waals surface area contributed by atoms with Gasteiger partial charge in [0.2, 0.25) is 0 Å². The Morgan fingerprint density at radius 2 is 1.04 bits per heavy atom. The van der Waals surface area contributed by atoms with Crippen molar-refractivity contribution in [3.8, 4) is 0 Å². The van der Waals surface area contributed by atoms with Crippen LogP contribution >= 0.6 is 11.8 Å². The van der Waals surface area contributed by atoms with Crippen molar-refractivity contribution < 1.29 is 46.1 Å². The van der Waals surface area contributed by atoms with E-state index in [-0.39, 0.29) is 9.79 Å². The predicted octanol–water partition coefficient (Wildman–Crippen LogP) is 5.27. The Hall–Kier alpha value is -2.69. The van der Waals surface area contributed by atoms with E-state index in [9.17, 15) is 35.9 Å². The van der Waals surface area contributed by atoms with E-state index in [1.807, 2.05) is 0 Å². The third-order valence-electron chi connectivity index (χ3n) is 3.29. The lowest BCUT2D eigenvalue weighted by Gasteiger charge is -2.13. The van der Waals surface area contributed by atoms with Crippen molar-refractivity contribution in [1.29, 1.82) is 0 Å². The molecule has 2 N–H and O–H groups in total. The first-order valence-corrected chi connectivity index (χ1v) is 7.69. The maximum Gasteiger partial charge on any atom is 0.416 e. The van der Waals surface area contributed by atoms with E-state index in [0.717, 1.165) is 12.1 Å². The second-order valence-electron chi connectivity index (χ2n) is 5.13. The molecule has 0 atom stereocenters. The van der Waals surface area contributed by atoms with E-state index in [0.29, 0.717) is 36.0 Å². The maximum atomic E-state index is 12.7. The van der Waals surface area contributed by atoms with Gasteiger partial charge in [0.05, 0.1) is 22.3 Å². The first-order chi connectivity index (χ1) is 12.3. The molecule has 0 bridgehead atoms. The van der Waals surface area contributed by atoms with Crippen LogP contribution in [0.25, 0.3) is 0 Å². The largest absolute Gasteiger partial charge is 0.478 e. The molecule has 0 aliphatic heterocycles. The van der Waals surface area contributed by atoms with Crippen molar-refractivity contribution in [2.24, 2.45) is 0 Å². The van der Waals surface area contributed by atoms with Gasteiger partial charge >= 0.3 is 24.3 Å². The summed E-state index contributed by atoms with van der Waals surface area (Å²) >= 11 is 0.440. The lowest BCUT2D eigenvalue weighted by molar-refractivity contribution is -0.138. The van der Waals surface area contributed by atoms with Gasteiger partial charge in [0.1, 0.15) is 0 Å². The average Bonchev–Trinajstić information content (AvgIpc) is 2.53. The van der Waals surface area contributed by atoms with E-state index >= 15 is 0 Å². The van der Waals surface area contributed by atoms with Gasteiger partial charge < -0.3 is 10.2 Å². The second kappa shape index (κ2) is 7.14. The number of halogens is 6. The Bertz CT molecular complexity index is 831. The molecule has 2 aromatic rings. The zero-order valence-electron chi connectivity index (χ0n) is 12.9. The lowest BCUT2D eigenvalue weighted by Crippen LogP contribution is -2.09. The number of rotatable bonds is 4. The van der Waals surface area contributed by atoms with E-state index in [1.165, 1.54) is 0 Å². The highest BCUT2D eigenvalue weighted by atomic mass is 32.2. The Balaban J connectivity index is 2.53. The zero-order valence-corrected chi connectivity index (χ0v) is 13.7. The van der Waals surface area contributed by atoms with Gasteiger partial charge in [-0.15, -0.1) is 0 Å². The summed E-state index contributed by atoms with van der Waals surface area (Å²) in [6, 6.07) is 3.57. The summed E-state index contributed by atoms with van der Waals surface area (Å²) < 4.78 is 76.4. The normalized spacial score (nSPS) is 12.1. The van der Waals surface area contributed by atoms with Gasteiger partial charge in [-0.3, -0.25) is 0 Å². The number of carboxylic acid groups (broad SMARTS) is 2. The molecule has 27 heavy (non-hydrogen) atoms. The smallest absolute Gasteiger partial charge is 0.416 e. The van der Waals surface area contributed by atoms with Gasteiger partial charge in [-0.1, -0.05) is 11.8 Å². The van der Waals surface area contributed by atoms with Gasteiger partial charge in [0, 0.05) is 9.79 Å². The maximum absolute atomic E-state index is 12.7. The fourth-order valence-electron chi connectivity index (χ4n) is 2.04. The number of alkyl halides is 6. The highest BCUT2D eigenvalue weighted by molar-refractivity contribution is 7.99. The van der Waals surface area contributed by atoms with Crippen LogP contribution in [0.1, 0.15) is 31.8 Å². The SMILES string of the molecule is O=C(O)c1cc(C(F)(F)F)ccc1Sc1ccc(C(F)(F)F)cc1C(=O)O. The molecule has 0 radical (unpaired) electrons. The molecule has 2 aromatic carbocycles. The second-order valence-corrected chi connectivity index (χ2v) is 6.21. The Morgan fingerprint density at radius 1 is 0.704 bits per heavy atom. The summed E-state index contributed by atoms with van der Waals surface area (Å²) in [4.78, 5) is 22.0. The van der Waals surface area contributed by atoms with Crippen molar-refractivity contribution in [3.05, 3.63) is 58.7 Å². The van der Waals surface area contributed by atoms with Crippen LogP contribution in [-0.4, -0.2) is 22.2 Å². The van der Waals surface area contributed by atoms with Crippen molar-refractivity contribution in [3.63, 3.8) is 0 Å². The van der Waals surface area contributed by atoms with E-state index in [1.54, 1.807) is 0 Å². The quantitative estimate of drug-likeness (QED) is 0.672. The molecular formula is C16H8F6O4S. The van der Waals surface area contributed by atoms with Crippen LogP contribution in [0.15, 0.2) is 46.2 Å². The Kier molecular flexibility index (Phi) is 5.45. The lowest BCUT2D eigenvalue weighted by atomic mass is 10.1. The molecule has 0 aromatic heterocycles. The van der Waals surface area contributed by atoms with E-state index in [4.69, 9.17) is 10.2 Å². The minimum absolute atomic E-state index is 0.252. The van der Waals surface area contributed by atoms with Crippen LogP contribution in [0.3, 0.4) is 0 Å². The molecule has 144 valence electrons. The van der Waals surface area contributed by atoms with Crippen molar-refractivity contribution in [2.45, 2.75) is 22.1 Å². The molecule has 0 amide bonds. The van der Waals surface area contributed by atoms with Gasteiger partial charge in [0.25, 0.3) is 0 Å². The Labute approximate surface area is 151 Å². The van der Waals surface area contributed by atoms with Crippen LogP contribution in [-0.2, 0) is 12.4 Å². The molecule has 4 nitrogen and oxygen atoms in total. The van der Waals surface area contributed by atoms with Crippen molar-refractivity contribution >= 4 is 23.7 Å². The first kappa shape index (κ1) is 20.6. The highest BCUT2D eigenvalue weighted by Crippen LogP contribution is 2.39. The summed E-state index contributed by atoms with van der Waals surface area (Å²) in [5.41, 5.74) is -3.97. The number of benzene rings is 2. The van der Waals surface area contributed by atoms with Crippen molar-refractivity contribution in [1.82, 2.24) is 0 Å². The minimum atomic E-state index is -4.80. The van der Waals surface area contributed by atoms with E-state index in [2.05, 4.69) is 0 Å². The third kappa shape index (κ3) is 4.73.